The Morgan fingerprint density at radius 3 is 2.46 bits per heavy atom. The molecule has 0 heterocycles. The summed E-state index contributed by atoms with van der Waals surface area (Å²) in [6.45, 7) is 7.48. The minimum absolute atomic E-state index is 0.0464. The molecule has 0 radical (unpaired) electrons. The summed E-state index contributed by atoms with van der Waals surface area (Å²) in [7, 11) is -3.24. The third-order valence-electron chi connectivity index (χ3n) is 3.36. The Kier molecular flexibility index (Phi) is 7.13. The van der Waals surface area contributed by atoms with E-state index in [1.54, 1.807) is 20.8 Å². The van der Waals surface area contributed by atoms with Gasteiger partial charge in [-0.05, 0) is 45.9 Å². The largest absolute Gasteiger partial charge is 0.357 e. The third kappa shape index (κ3) is 6.07. The van der Waals surface area contributed by atoms with E-state index in [1.807, 2.05) is 6.92 Å². The van der Waals surface area contributed by atoms with Gasteiger partial charge in [0.2, 0.25) is 0 Å². The summed E-state index contributed by atoms with van der Waals surface area (Å²) in [4.78, 5) is 4.16. The van der Waals surface area contributed by atoms with E-state index in [9.17, 15) is 17.2 Å². The number of nitrogens with one attached hydrogen (secondary N) is 2. The van der Waals surface area contributed by atoms with Crippen molar-refractivity contribution in [2.45, 2.75) is 39.0 Å². The quantitative estimate of drug-likeness (QED) is 0.602. The third-order valence-corrected chi connectivity index (χ3v) is 5.96. The number of halogens is 2. The lowest BCUT2D eigenvalue weighted by molar-refractivity contribution is 0.559. The van der Waals surface area contributed by atoms with E-state index in [4.69, 9.17) is 0 Å². The molecule has 5 nitrogen and oxygen atoms in total. The lowest BCUT2D eigenvalue weighted by Gasteiger charge is -2.19. The topological polar surface area (TPSA) is 70.6 Å². The van der Waals surface area contributed by atoms with Gasteiger partial charge >= 0.3 is 0 Å². The van der Waals surface area contributed by atoms with Crippen LogP contribution in [0.1, 0.15) is 33.3 Å². The summed E-state index contributed by atoms with van der Waals surface area (Å²) in [5.41, 5.74) is 0.134. The Morgan fingerprint density at radius 1 is 1.21 bits per heavy atom. The normalized spacial score (nSPS) is 13.0. The Balaban J connectivity index is 2.72. The first kappa shape index (κ1) is 20.3. The monoisotopic (exact) mass is 361 g/mol. The van der Waals surface area contributed by atoms with Crippen molar-refractivity contribution in [1.29, 1.82) is 0 Å². The second kappa shape index (κ2) is 8.41. The van der Waals surface area contributed by atoms with Gasteiger partial charge in [0.25, 0.3) is 0 Å². The van der Waals surface area contributed by atoms with Crippen molar-refractivity contribution >= 4 is 15.8 Å². The lowest BCUT2D eigenvalue weighted by atomic mass is 10.2. The fourth-order valence-electron chi connectivity index (χ4n) is 1.78. The molecular formula is C16H25F2N3O2S. The molecule has 0 aromatic heterocycles. The highest BCUT2D eigenvalue weighted by Gasteiger charge is 2.28. The van der Waals surface area contributed by atoms with E-state index in [0.29, 0.717) is 12.5 Å². The van der Waals surface area contributed by atoms with Gasteiger partial charge in [0, 0.05) is 18.7 Å². The number of benzene rings is 1. The minimum Gasteiger partial charge on any atom is -0.357 e. The summed E-state index contributed by atoms with van der Waals surface area (Å²) in [5, 5.41) is 5.84. The van der Waals surface area contributed by atoms with Crippen LogP contribution in [-0.4, -0.2) is 38.0 Å². The van der Waals surface area contributed by atoms with Crippen LogP contribution in [0.5, 0.6) is 0 Å². The van der Waals surface area contributed by atoms with Crippen molar-refractivity contribution in [2.24, 2.45) is 4.99 Å². The number of rotatable bonds is 6. The highest BCUT2D eigenvalue weighted by Crippen LogP contribution is 2.15. The van der Waals surface area contributed by atoms with Crippen LogP contribution in [0.4, 0.5) is 8.78 Å². The van der Waals surface area contributed by atoms with Gasteiger partial charge < -0.3 is 10.6 Å². The first-order valence-corrected chi connectivity index (χ1v) is 9.40. The van der Waals surface area contributed by atoms with E-state index >= 15 is 0 Å². The maximum absolute atomic E-state index is 13.6. The van der Waals surface area contributed by atoms with Gasteiger partial charge in [-0.1, -0.05) is 0 Å². The minimum atomic E-state index is -3.24. The van der Waals surface area contributed by atoms with E-state index < -0.39 is 26.2 Å². The SMILES string of the molecule is CCNC(=NCc1cc(F)ccc1F)NCCS(=O)(=O)C(C)(C)C. The van der Waals surface area contributed by atoms with Crippen molar-refractivity contribution < 1.29 is 17.2 Å². The van der Waals surface area contributed by atoms with Gasteiger partial charge in [-0.15, -0.1) is 0 Å². The maximum atomic E-state index is 13.6. The fourth-order valence-corrected chi connectivity index (χ4v) is 2.76. The second-order valence-electron chi connectivity index (χ2n) is 6.29. The van der Waals surface area contributed by atoms with E-state index in [0.717, 1.165) is 18.2 Å². The average Bonchev–Trinajstić information content (AvgIpc) is 2.46. The Labute approximate surface area is 142 Å². The predicted molar refractivity (Wildman–Crippen MR) is 92.7 cm³/mol. The molecular weight excluding hydrogens is 336 g/mol. The molecule has 0 amide bonds. The molecule has 1 aromatic rings. The molecule has 0 spiro atoms. The Hall–Kier alpha value is -1.70. The molecule has 0 unspecified atom stereocenters. The molecule has 0 aliphatic carbocycles. The van der Waals surface area contributed by atoms with E-state index in [1.165, 1.54) is 0 Å². The highest BCUT2D eigenvalue weighted by molar-refractivity contribution is 7.92. The molecule has 136 valence electrons. The molecule has 0 aliphatic rings. The smallest absolute Gasteiger partial charge is 0.191 e. The highest BCUT2D eigenvalue weighted by atomic mass is 32.2. The number of hydrogen-bond acceptors (Lipinski definition) is 3. The predicted octanol–water partition coefficient (Wildman–Crippen LogP) is 2.23. The molecule has 24 heavy (non-hydrogen) atoms. The van der Waals surface area contributed by atoms with Crippen molar-refractivity contribution in [1.82, 2.24) is 10.6 Å². The van der Waals surface area contributed by atoms with Crippen LogP contribution in [0, 0.1) is 11.6 Å². The van der Waals surface area contributed by atoms with E-state index in [-0.39, 0.29) is 24.4 Å². The van der Waals surface area contributed by atoms with Gasteiger partial charge in [-0.2, -0.15) is 0 Å². The van der Waals surface area contributed by atoms with Crippen molar-refractivity contribution in [3.8, 4) is 0 Å². The van der Waals surface area contributed by atoms with Gasteiger partial charge in [-0.3, -0.25) is 0 Å². The number of guanidine groups is 1. The van der Waals surface area contributed by atoms with E-state index in [2.05, 4.69) is 15.6 Å². The molecule has 1 rings (SSSR count). The molecule has 2 N–H and O–H groups in total. The molecule has 8 heteroatoms. The first-order valence-electron chi connectivity index (χ1n) is 7.75. The standard InChI is InChI=1S/C16H25F2N3O2S/c1-5-19-15(20-8-9-24(22,23)16(2,3)4)21-11-12-10-13(17)6-7-14(12)18/h6-7,10H,5,8-9,11H2,1-4H3,(H2,19,20,21). The Bertz CT molecular complexity index is 683. The summed E-state index contributed by atoms with van der Waals surface area (Å²) < 4.78 is 50.0. The molecule has 0 aliphatic heterocycles. The van der Waals surface area contributed by atoms with Gasteiger partial charge in [0.15, 0.2) is 15.8 Å². The van der Waals surface area contributed by atoms with Gasteiger partial charge in [0.1, 0.15) is 11.6 Å². The number of nitrogens with zero attached hydrogens (tertiary/aromatic N) is 1. The van der Waals surface area contributed by atoms with Crippen LogP contribution in [0.2, 0.25) is 0 Å². The molecule has 0 saturated heterocycles. The maximum Gasteiger partial charge on any atom is 0.191 e. The summed E-state index contributed by atoms with van der Waals surface area (Å²) in [6, 6.07) is 3.19. The van der Waals surface area contributed by atoms with Crippen LogP contribution in [0.3, 0.4) is 0 Å². The van der Waals surface area contributed by atoms with Crippen LogP contribution in [-0.2, 0) is 16.4 Å². The van der Waals surface area contributed by atoms with Gasteiger partial charge in [0.05, 0.1) is 17.0 Å². The van der Waals surface area contributed by atoms with Gasteiger partial charge in [-0.25, -0.2) is 22.2 Å². The molecule has 1 aromatic carbocycles. The number of aliphatic imine (C=N–C) groups is 1. The Morgan fingerprint density at radius 2 is 1.88 bits per heavy atom. The molecule has 0 saturated carbocycles. The van der Waals surface area contributed by atoms with Crippen LogP contribution in [0.15, 0.2) is 23.2 Å². The zero-order valence-corrected chi connectivity index (χ0v) is 15.3. The fraction of sp³-hybridized carbons (Fsp3) is 0.562. The molecule has 0 atom stereocenters. The number of hydrogen-bond donors (Lipinski definition) is 2. The second-order valence-corrected chi connectivity index (χ2v) is 9.15. The van der Waals surface area contributed by atoms with Crippen molar-refractivity contribution in [3.63, 3.8) is 0 Å². The van der Waals surface area contributed by atoms with Crippen molar-refractivity contribution in [2.75, 3.05) is 18.8 Å². The lowest BCUT2D eigenvalue weighted by Crippen LogP contribution is -2.41. The first-order chi connectivity index (χ1) is 11.1. The molecule has 0 fully saturated rings. The van der Waals surface area contributed by atoms with Crippen molar-refractivity contribution in [3.05, 3.63) is 35.4 Å². The zero-order chi connectivity index (χ0) is 18.4. The van der Waals surface area contributed by atoms with Crippen LogP contribution >= 0.6 is 0 Å². The number of sulfone groups is 1. The summed E-state index contributed by atoms with van der Waals surface area (Å²) in [5.74, 6) is -0.762. The van der Waals surface area contributed by atoms with Crippen LogP contribution < -0.4 is 10.6 Å². The summed E-state index contributed by atoms with van der Waals surface area (Å²) in [6.07, 6.45) is 0. The molecule has 0 bridgehead atoms. The zero-order valence-electron chi connectivity index (χ0n) is 14.5. The van der Waals surface area contributed by atoms with Crippen LogP contribution in [0.25, 0.3) is 0 Å². The summed E-state index contributed by atoms with van der Waals surface area (Å²) >= 11 is 0. The average molecular weight is 361 g/mol.